The Labute approximate surface area is 203 Å². The molecule has 0 fully saturated rings. The van der Waals surface area contributed by atoms with Gasteiger partial charge in [-0.1, -0.05) is 18.2 Å². The summed E-state index contributed by atoms with van der Waals surface area (Å²) in [6.45, 7) is 1.97. The van der Waals surface area contributed by atoms with Gasteiger partial charge in [-0.25, -0.2) is 8.42 Å². The number of hydrogen-bond donors (Lipinski definition) is 3. The minimum atomic E-state index is -3.37. The third-order valence-corrected chi connectivity index (χ3v) is 5.79. The van der Waals surface area contributed by atoms with E-state index in [0.717, 1.165) is 22.9 Å². The number of aryl methyl sites for hydroxylation is 1. The second-order valence-electron chi connectivity index (χ2n) is 7.98. The van der Waals surface area contributed by atoms with Crippen molar-refractivity contribution in [1.29, 1.82) is 0 Å². The molecule has 0 aliphatic carbocycles. The Balaban J connectivity index is 1.45. The summed E-state index contributed by atoms with van der Waals surface area (Å²) in [5.41, 5.74) is 5.34. The summed E-state index contributed by atoms with van der Waals surface area (Å²) in [5.74, 6) is -0.557. The van der Waals surface area contributed by atoms with Gasteiger partial charge in [0.15, 0.2) is 0 Å². The molecule has 1 aromatic heterocycles. The normalized spacial score (nSPS) is 11.0. The van der Waals surface area contributed by atoms with Crippen LogP contribution in [0, 0.1) is 6.92 Å². The van der Waals surface area contributed by atoms with Gasteiger partial charge in [0.1, 0.15) is 6.26 Å². The van der Waals surface area contributed by atoms with Crippen molar-refractivity contribution in [2.45, 2.75) is 6.92 Å². The molecule has 0 saturated carbocycles. The van der Waals surface area contributed by atoms with E-state index in [2.05, 4.69) is 15.4 Å². The van der Waals surface area contributed by atoms with E-state index in [9.17, 15) is 18.0 Å². The molecule has 4 rings (SSSR count). The van der Waals surface area contributed by atoms with Gasteiger partial charge in [-0.05, 0) is 78.2 Å². The summed E-state index contributed by atoms with van der Waals surface area (Å²) in [4.78, 5) is 25.0. The average Bonchev–Trinajstić information content (AvgIpc) is 3.36. The van der Waals surface area contributed by atoms with Crippen LogP contribution in [0.4, 0.5) is 17.1 Å². The van der Waals surface area contributed by atoms with Gasteiger partial charge in [0.25, 0.3) is 11.8 Å². The third kappa shape index (κ3) is 6.15. The highest BCUT2D eigenvalue weighted by Gasteiger charge is 2.11. The lowest BCUT2D eigenvalue weighted by Gasteiger charge is -2.11. The fourth-order valence-corrected chi connectivity index (χ4v) is 4.01. The first-order chi connectivity index (χ1) is 16.7. The minimum absolute atomic E-state index is 0.263. The number of anilines is 3. The molecule has 4 aromatic rings. The Hall–Kier alpha value is -4.37. The molecule has 35 heavy (non-hydrogen) atoms. The zero-order valence-corrected chi connectivity index (χ0v) is 19.8. The largest absolute Gasteiger partial charge is 0.472 e. The van der Waals surface area contributed by atoms with E-state index in [1.54, 1.807) is 42.5 Å². The third-order valence-electron chi connectivity index (χ3n) is 5.18. The van der Waals surface area contributed by atoms with Crippen molar-refractivity contribution >= 4 is 38.9 Å². The van der Waals surface area contributed by atoms with Gasteiger partial charge >= 0.3 is 0 Å². The van der Waals surface area contributed by atoms with Gasteiger partial charge < -0.3 is 15.1 Å². The molecular weight excluding hydrogens is 466 g/mol. The fourth-order valence-electron chi connectivity index (χ4n) is 3.45. The second-order valence-corrected chi connectivity index (χ2v) is 9.73. The zero-order valence-electron chi connectivity index (χ0n) is 19.0. The maximum atomic E-state index is 12.7. The van der Waals surface area contributed by atoms with Crippen LogP contribution in [0.2, 0.25) is 0 Å². The summed E-state index contributed by atoms with van der Waals surface area (Å²) in [6.07, 6.45) is 3.90. The van der Waals surface area contributed by atoms with Gasteiger partial charge in [-0.15, -0.1) is 0 Å². The first kappa shape index (κ1) is 23.8. The summed E-state index contributed by atoms with van der Waals surface area (Å²) >= 11 is 0. The van der Waals surface area contributed by atoms with E-state index in [4.69, 9.17) is 4.42 Å². The van der Waals surface area contributed by atoms with E-state index in [1.165, 1.54) is 12.5 Å². The van der Waals surface area contributed by atoms with Crippen molar-refractivity contribution in [3.05, 3.63) is 102 Å². The van der Waals surface area contributed by atoms with Crippen molar-refractivity contribution in [2.75, 3.05) is 21.6 Å². The number of rotatable bonds is 7. The number of hydrogen-bond acceptors (Lipinski definition) is 5. The van der Waals surface area contributed by atoms with Crippen LogP contribution in [0.3, 0.4) is 0 Å². The molecule has 3 N–H and O–H groups in total. The average molecular weight is 490 g/mol. The predicted octanol–water partition coefficient (Wildman–Crippen LogP) is 5.13. The molecule has 0 saturated heterocycles. The van der Waals surface area contributed by atoms with Crippen LogP contribution in [-0.2, 0) is 10.0 Å². The van der Waals surface area contributed by atoms with Gasteiger partial charge in [0, 0.05) is 22.6 Å². The molecule has 0 spiro atoms. The van der Waals surface area contributed by atoms with Crippen LogP contribution in [0.1, 0.15) is 26.3 Å². The van der Waals surface area contributed by atoms with E-state index < -0.39 is 10.0 Å². The zero-order chi connectivity index (χ0) is 25.0. The number of carbonyl (C=O) groups excluding carboxylic acids is 2. The lowest BCUT2D eigenvalue weighted by molar-refractivity contribution is 0.101. The monoisotopic (exact) mass is 489 g/mol. The molecule has 2 amide bonds. The van der Waals surface area contributed by atoms with Crippen molar-refractivity contribution in [3.63, 3.8) is 0 Å². The highest BCUT2D eigenvalue weighted by molar-refractivity contribution is 7.92. The van der Waals surface area contributed by atoms with Gasteiger partial charge in [-0.3, -0.25) is 14.3 Å². The van der Waals surface area contributed by atoms with E-state index >= 15 is 0 Å². The molecule has 0 unspecified atom stereocenters. The van der Waals surface area contributed by atoms with Crippen LogP contribution in [0.15, 0.2) is 89.7 Å². The summed E-state index contributed by atoms with van der Waals surface area (Å²) in [5, 5.41) is 5.65. The second kappa shape index (κ2) is 9.86. The lowest BCUT2D eigenvalue weighted by Crippen LogP contribution is -2.12. The molecule has 1 heterocycles. The number of nitrogens with one attached hydrogen (secondary N) is 3. The molecule has 8 nitrogen and oxygen atoms in total. The minimum Gasteiger partial charge on any atom is -0.472 e. The molecular formula is C26H23N3O5S. The van der Waals surface area contributed by atoms with Gasteiger partial charge in [-0.2, -0.15) is 0 Å². The topological polar surface area (TPSA) is 118 Å². The van der Waals surface area contributed by atoms with Crippen LogP contribution in [0.5, 0.6) is 0 Å². The van der Waals surface area contributed by atoms with E-state index in [1.807, 2.05) is 37.3 Å². The van der Waals surface area contributed by atoms with Gasteiger partial charge in [0.05, 0.1) is 18.1 Å². The van der Waals surface area contributed by atoms with Crippen molar-refractivity contribution in [2.24, 2.45) is 0 Å². The molecule has 0 bridgehead atoms. The summed E-state index contributed by atoms with van der Waals surface area (Å²) < 4.78 is 30.0. The van der Waals surface area contributed by atoms with E-state index in [0.29, 0.717) is 28.2 Å². The Morgan fingerprint density at radius 3 is 1.97 bits per heavy atom. The Bertz CT molecular complexity index is 1460. The summed E-state index contributed by atoms with van der Waals surface area (Å²) in [7, 11) is -3.37. The Kier molecular flexibility index (Phi) is 6.70. The van der Waals surface area contributed by atoms with Crippen LogP contribution in [0.25, 0.3) is 11.1 Å². The number of benzene rings is 3. The van der Waals surface area contributed by atoms with Crippen molar-refractivity contribution in [3.8, 4) is 11.1 Å². The van der Waals surface area contributed by atoms with Crippen LogP contribution >= 0.6 is 0 Å². The van der Waals surface area contributed by atoms with E-state index in [-0.39, 0.29) is 11.8 Å². The molecule has 0 atom stereocenters. The Morgan fingerprint density at radius 1 is 0.743 bits per heavy atom. The lowest BCUT2D eigenvalue weighted by atomic mass is 9.98. The number of amides is 2. The maximum Gasteiger partial charge on any atom is 0.258 e. The van der Waals surface area contributed by atoms with Crippen LogP contribution in [-0.4, -0.2) is 26.5 Å². The first-order valence-electron chi connectivity index (χ1n) is 10.6. The molecule has 0 radical (unpaired) electrons. The molecule has 9 heteroatoms. The number of furan rings is 1. The first-order valence-corrected chi connectivity index (χ1v) is 12.5. The fraction of sp³-hybridized carbons (Fsp3) is 0.0769. The SMILES string of the molecule is Cc1ccc(NC(=O)c2ccoc2)cc1-c1ccc(C(=O)Nc2ccc(NS(C)(=O)=O)cc2)cc1. The molecule has 0 aliphatic heterocycles. The molecule has 0 aliphatic rings. The summed E-state index contributed by atoms with van der Waals surface area (Å²) in [6, 6.07) is 20.7. The van der Waals surface area contributed by atoms with Crippen molar-refractivity contribution in [1.82, 2.24) is 0 Å². The maximum absolute atomic E-state index is 12.7. The standard InChI is InChI=1S/C26H23N3O5S/c1-17-3-8-23(28-26(31)20-13-14-34-16-20)15-24(17)18-4-6-19(7-5-18)25(30)27-21-9-11-22(12-10-21)29-35(2,32)33/h3-16,29H,1-2H3,(H,27,30)(H,28,31). The number of carbonyl (C=O) groups is 2. The number of sulfonamides is 1. The predicted molar refractivity (Wildman–Crippen MR) is 136 cm³/mol. The van der Waals surface area contributed by atoms with Crippen LogP contribution < -0.4 is 15.4 Å². The molecule has 178 valence electrons. The quantitative estimate of drug-likeness (QED) is 0.333. The highest BCUT2D eigenvalue weighted by Crippen LogP contribution is 2.27. The highest BCUT2D eigenvalue weighted by atomic mass is 32.2. The smallest absolute Gasteiger partial charge is 0.258 e. The molecule has 3 aromatic carbocycles. The van der Waals surface area contributed by atoms with Crippen molar-refractivity contribution < 1.29 is 22.4 Å². The van der Waals surface area contributed by atoms with Gasteiger partial charge in [0.2, 0.25) is 10.0 Å². The Morgan fingerprint density at radius 2 is 1.34 bits per heavy atom.